The third-order valence-corrected chi connectivity index (χ3v) is 5.04. The molecule has 0 unspecified atom stereocenters. The molecule has 0 aliphatic heterocycles. The minimum Gasteiger partial charge on any atom is -0.352 e. The van der Waals surface area contributed by atoms with Crippen molar-refractivity contribution in [1.29, 1.82) is 0 Å². The lowest BCUT2D eigenvalue weighted by Crippen LogP contribution is -2.24. The van der Waals surface area contributed by atoms with Crippen molar-refractivity contribution in [2.75, 3.05) is 6.54 Å². The molecule has 0 radical (unpaired) electrons. The molecule has 2 rings (SSSR count). The Morgan fingerprint density at radius 1 is 1.53 bits per heavy atom. The van der Waals surface area contributed by atoms with Gasteiger partial charge in [-0.25, -0.2) is 13.6 Å². The van der Waals surface area contributed by atoms with Crippen LogP contribution in [-0.4, -0.2) is 20.9 Å². The van der Waals surface area contributed by atoms with Gasteiger partial charge in [0, 0.05) is 11.9 Å². The van der Waals surface area contributed by atoms with Gasteiger partial charge in [-0.2, -0.15) is 0 Å². The zero-order valence-electron chi connectivity index (χ0n) is 9.18. The van der Waals surface area contributed by atoms with Crippen LogP contribution in [0.25, 0.3) is 0 Å². The van der Waals surface area contributed by atoms with Crippen molar-refractivity contribution < 1.29 is 13.2 Å². The fourth-order valence-electron chi connectivity index (χ4n) is 1.48. The Morgan fingerprint density at radius 3 is 2.76 bits per heavy atom. The van der Waals surface area contributed by atoms with Crippen LogP contribution < -0.4 is 10.5 Å². The SMILES string of the molecule is NS(=O)(=O)c1cc(C(=O)NCCC2CC2)cs1. The molecule has 17 heavy (non-hydrogen) atoms. The summed E-state index contributed by atoms with van der Waals surface area (Å²) in [5, 5.41) is 9.24. The van der Waals surface area contributed by atoms with E-state index in [0.717, 1.165) is 23.7 Å². The topological polar surface area (TPSA) is 89.3 Å². The second-order valence-corrected chi connectivity index (χ2v) is 6.89. The highest BCUT2D eigenvalue weighted by Crippen LogP contribution is 2.31. The Labute approximate surface area is 104 Å². The van der Waals surface area contributed by atoms with Crippen LogP contribution in [0.15, 0.2) is 15.7 Å². The summed E-state index contributed by atoms with van der Waals surface area (Å²) in [6.07, 6.45) is 3.51. The quantitative estimate of drug-likeness (QED) is 0.837. The van der Waals surface area contributed by atoms with Crippen LogP contribution in [0.2, 0.25) is 0 Å². The smallest absolute Gasteiger partial charge is 0.252 e. The van der Waals surface area contributed by atoms with Crippen LogP contribution in [0.3, 0.4) is 0 Å². The highest BCUT2D eigenvalue weighted by Gasteiger charge is 2.21. The molecule has 1 amide bonds. The number of thiophene rings is 1. The first-order valence-electron chi connectivity index (χ1n) is 5.36. The van der Waals surface area contributed by atoms with Crippen molar-refractivity contribution in [3.8, 4) is 0 Å². The number of amides is 1. The molecule has 0 aromatic carbocycles. The predicted octanol–water partition coefficient (Wildman–Crippen LogP) is 0.925. The van der Waals surface area contributed by atoms with Crippen LogP contribution >= 0.6 is 11.3 Å². The average Bonchev–Trinajstić information content (AvgIpc) is 2.91. The van der Waals surface area contributed by atoms with E-state index in [2.05, 4.69) is 5.32 Å². The number of carbonyl (C=O) groups excluding carboxylic acids is 1. The first kappa shape index (κ1) is 12.5. The maximum Gasteiger partial charge on any atom is 0.252 e. The minimum atomic E-state index is -3.70. The second kappa shape index (κ2) is 4.75. The zero-order chi connectivity index (χ0) is 12.5. The lowest BCUT2D eigenvalue weighted by Gasteiger charge is -2.01. The van der Waals surface area contributed by atoms with Crippen molar-refractivity contribution >= 4 is 27.3 Å². The van der Waals surface area contributed by atoms with Gasteiger partial charge in [0.25, 0.3) is 5.91 Å². The fraction of sp³-hybridized carbons (Fsp3) is 0.500. The van der Waals surface area contributed by atoms with E-state index in [1.165, 1.54) is 24.3 Å². The van der Waals surface area contributed by atoms with E-state index in [1.807, 2.05) is 0 Å². The normalized spacial score (nSPS) is 15.8. The highest BCUT2D eigenvalue weighted by atomic mass is 32.2. The molecule has 1 saturated carbocycles. The summed E-state index contributed by atoms with van der Waals surface area (Å²) in [5.41, 5.74) is 0.356. The van der Waals surface area contributed by atoms with Gasteiger partial charge in [-0.05, 0) is 18.4 Å². The van der Waals surface area contributed by atoms with Gasteiger partial charge in [0.05, 0.1) is 5.56 Å². The summed E-state index contributed by atoms with van der Waals surface area (Å²) in [6.45, 7) is 0.643. The number of nitrogens with one attached hydrogen (secondary N) is 1. The van der Waals surface area contributed by atoms with E-state index in [9.17, 15) is 13.2 Å². The summed E-state index contributed by atoms with van der Waals surface area (Å²) >= 11 is 0.963. The standard InChI is InChI=1S/C10H14N2O3S2/c11-17(14,15)9-5-8(6-16-9)10(13)12-4-3-7-1-2-7/h5-7H,1-4H2,(H,12,13)(H2,11,14,15). The molecule has 3 N–H and O–H groups in total. The van der Waals surface area contributed by atoms with E-state index in [4.69, 9.17) is 5.14 Å². The molecule has 5 nitrogen and oxygen atoms in total. The zero-order valence-corrected chi connectivity index (χ0v) is 10.8. The molecule has 1 fully saturated rings. The lowest BCUT2D eigenvalue weighted by molar-refractivity contribution is 0.0953. The second-order valence-electron chi connectivity index (χ2n) is 4.19. The van der Waals surface area contributed by atoms with Crippen molar-refractivity contribution in [2.45, 2.75) is 23.5 Å². The summed E-state index contributed by atoms with van der Waals surface area (Å²) in [7, 11) is -3.70. The first-order chi connectivity index (χ1) is 7.97. The maximum atomic E-state index is 11.6. The average molecular weight is 274 g/mol. The summed E-state index contributed by atoms with van der Waals surface area (Å²) in [5.74, 6) is 0.523. The van der Waals surface area contributed by atoms with Crippen LogP contribution in [0.5, 0.6) is 0 Å². The number of hydrogen-bond donors (Lipinski definition) is 2. The number of primary sulfonamides is 1. The van der Waals surface area contributed by atoms with Crippen LogP contribution in [0, 0.1) is 5.92 Å². The lowest BCUT2D eigenvalue weighted by atomic mass is 10.3. The van der Waals surface area contributed by atoms with Gasteiger partial charge >= 0.3 is 0 Å². The Morgan fingerprint density at radius 2 is 2.24 bits per heavy atom. The molecule has 0 saturated heterocycles. The van der Waals surface area contributed by atoms with E-state index < -0.39 is 10.0 Å². The van der Waals surface area contributed by atoms with Gasteiger partial charge in [-0.3, -0.25) is 4.79 Å². The maximum absolute atomic E-state index is 11.6. The predicted molar refractivity (Wildman–Crippen MR) is 65.4 cm³/mol. The third kappa shape index (κ3) is 3.52. The molecule has 94 valence electrons. The molecule has 1 aliphatic rings. The molecule has 7 heteroatoms. The van der Waals surface area contributed by atoms with Crippen molar-refractivity contribution in [3.63, 3.8) is 0 Å². The molecular formula is C10H14N2O3S2. The van der Waals surface area contributed by atoms with E-state index >= 15 is 0 Å². The van der Waals surface area contributed by atoms with Crippen LogP contribution in [0.1, 0.15) is 29.6 Å². The molecule has 0 bridgehead atoms. The van der Waals surface area contributed by atoms with Crippen LogP contribution in [0.4, 0.5) is 0 Å². The Balaban J connectivity index is 1.91. The Kier molecular flexibility index (Phi) is 3.50. The van der Waals surface area contributed by atoms with Crippen LogP contribution in [-0.2, 0) is 10.0 Å². The molecule has 1 aliphatic carbocycles. The number of sulfonamides is 1. The van der Waals surface area contributed by atoms with Crippen molar-refractivity contribution in [1.82, 2.24) is 5.32 Å². The number of carbonyl (C=O) groups is 1. The van der Waals surface area contributed by atoms with Gasteiger partial charge in [-0.1, -0.05) is 12.8 Å². The van der Waals surface area contributed by atoms with Crippen molar-refractivity contribution in [3.05, 3.63) is 17.0 Å². The number of nitrogens with two attached hydrogens (primary N) is 1. The Hall–Kier alpha value is -0.920. The van der Waals surface area contributed by atoms with Gasteiger partial charge in [-0.15, -0.1) is 11.3 Å². The molecule has 1 heterocycles. The van der Waals surface area contributed by atoms with Crippen molar-refractivity contribution in [2.24, 2.45) is 11.1 Å². The number of hydrogen-bond acceptors (Lipinski definition) is 4. The Bertz CT molecular complexity index is 517. The molecule has 1 aromatic rings. The molecule has 0 atom stereocenters. The monoisotopic (exact) mass is 274 g/mol. The number of rotatable bonds is 5. The fourth-order valence-corrected chi connectivity index (χ4v) is 3.07. The molecular weight excluding hydrogens is 260 g/mol. The van der Waals surface area contributed by atoms with E-state index in [0.29, 0.717) is 12.1 Å². The summed E-state index contributed by atoms with van der Waals surface area (Å²) < 4.78 is 22.1. The molecule has 0 spiro atoms. The highest BCUT2D eigenvalue weighted by molar-refractivity contribution is 7.91. The minimum absolute atomic E-state index is 0.0184. The van der Waals surface area contributed by atoms with E-state index in [-0.39, 0.29) is 10.1 Å². The van der Waals surface area contributed by atoms with E-state index in [1.54, 1.807) is 0 Å². The molecule has 1 aromatic heterocycles. The van der Waals surface area contributed by atoms with Gasteiger partial charge in [0.15, 0.2) is 0 Å². The summed E-state index contributed by atoms with van der Waals surface area (Å²) in [6, 6.07) is 1.31. The third-order valence-electron chi connectivity index (χ3n) is 2.65. The van der Waals surface area contributed by atoms with Gasteiger partial charge in [0.2, 0.25) is 10.0 Å². The largest absolute Gasteiger partial charge is 0.352 e. The van der Waals surface area contributed by atoms with Gasteiger partial charge < -0.3 is 5.32 Å². The first-order valence-corrected chi connectivity index (χ1v) is 7.79. The summed E-state index contributed by atoms with van der Waals surface area (Å²) in [4.78, 5) is 11.6. The van der Waals surface area contributed by atoms with Gasteiger partial charge in [0.1, 0.15) is 4.21 Å².